The molecule has 2 amide bonds. The van der Waals surface area contributed by atoms with Gasteiger partial charge in [0.2, 0.25) is 10.0 Å². The van der Waals surface area contributed by atoms with Gasteiger partial charge in [-0.15, -0.1) is 0 Å². The van der Waals surface area contributed by atoms with Crippen molar-refractivity contribution in [2.75, 3.05) is 19.7 Å². The van der Waals surface area contributed by atoms with Crippen LogP contribution in [0, 0.1) is 13.8 Å². The molecule has 2 aliphatic rings. The zero-order chi connectivity index (χ0) is 16.1. The largest absolute Gasteiger partial charge is 0.439 e. The smallest absolute Gasteiger partial charge is 0.417 e. The first-order valence-electron chi connectivity index (χ1n) is 6.87. The SMILES string of the molecule is Cc1ccc(S(=O)(=O)N2CC(N3C(=O)COC3=O)C2)cc1C. The lowest BCUT2D eigenvalue weighted by atomic mass is 10.1. The van der Waals surface area contributed by atoms with E-state index in [0.717, 1.165) is 16.0 Å². The summed E-state index contributed by atoms with van der Waals surface area (Å²) in [5.41, 5.74) is 1.92. The molecule has 8 heteroatoms. The fourth-order valence-corrected chi connectivity index (χ4v) is 4.12. The third-order valence-electron chi connectivity index (χ3n) is 4.09. The Morgan fingerprint density at radius 3 is 2.36 bits per heavy atom. The van der Waals surface area contributed by atoms with Crippen LogP contribution >= 0.6 is 0 Å². The van der Waals surface area contributed by atoms with Crippen LogP contribution in [0.1, 0.15) is 11.1 Å². The van der Waals surface area contributed by atoms with Crippen LogP contribution in [0.15, 0.2) is 23.1 Å². The number of rotatable bonds is 3. The molecule has 0 spiro atoms. The van der Waals surface area contributed by atoms with Crippen LogP contribution in [0.25, 0.3) is 0 Å². The van der Waals surface area contributed by atoms with E-state index in [2.05, 4.69) is 4.74 Å². The molecule has 2 fully saturated rings. The molecule has 118 valence electrons. The predicted octanol–water partition coefficient (Wildman–Crippen LogP) is 0.655. The van der Waals surface area contributed by atoms with E-state index < -0.39 is 28.1 Å². The number of aryl methyl sites for hydroxylation is 2. The van der Waals surface area contributed by atoms with Crippen molar-refractivity contribution in [1.29, 1.82) is 0 Å². The van der Waals surface area contributed by atoms with Crippen molar-refractivity contribution >= 4 is 22.0 Å². The van der Waals surface area contributed by atoms with Crippen molar-refractivity contribution in [2.24, 2.45) is 0 Å². The summed E-state index contributed by atoms with van der Waals surface area (Å²) in [7, 11) is -3.60. The molecule has 3 rings (SSSR count). The van der Waals surface area contributed by atoms with Crippen LogP contribution in [-0.4, -0.2) is 55.4 Å². The standard InChI is InChI=1S/C14H16N2O5S/c1-9-3-4-12(5-10(9)2)22(19,20)15-6-11(7-15)16-13(17)8-21-14(16)18/h3-5,11H,6-8H2,1-2H3. The Morgan fingerprint density at radius 1 is 1.14 bits per heavy atom. The molecule has 0 unspecified atom stereocenters. The summed E-state index contributed by atoms with van der Waals surface area (Å²) in [5, 5.41) is 0. The normalized spacial score (nSPS) is 20.2. The summed E-state index contributed by atoms with van der Waals surface area (Å²) in [6.45, 7) is 3.72. The summed E-state index contributed by atoms with van der Waals surface area (Å²) < 4.78 is 30.9. The van der Waals surface area contributed by atoms with Gasteiger partial charge in [-0.25, -0.2) is 18.1 Å². The van der Waals surface area contributed by atoms with E-state index in [9.17, 15) is 18.0 Å². The molecule has 1 aromatic carbocycles. The monoisotopic (exact) mass is 324 g/mol. The van der Waals surface area contributed by atoms with Crippen molar-refractivity contribution in [3.8, 4) is 0 Å². The number of benzene rings is 1. The van der Waals surface area contributed by atoms with E-state index in [1.54, 1.807) is 18.2 Å². The molecule has 7 nitrogen and oxygen atoms in total. The zero-order valence-corrected chi connectivity index (χ0v) is 13.1. The van der Waals surface area contributed by atoms with Crippen LogP contribution in [0.3, 0.4) is 0 Å². The van der Waals surface area contributed by atoms with E-state index in [-0.39, 0.29) is 24.6 Å². The molecule has 0 N–H and O–H groups in total. The van der Waals surface area contributed by atoms with E-state index in [1.165, 1.54) is 4.31 Å². The number of ether oxygens (including phenoxy) is 1. The van der Waals surface area contributed by atoms with Crippen molar-refractivity contribution in [2.45, 2.75) is 24.8 Å². The van der Waals surface area contributed by atoms with Gasteiger partial charge < -0.3 is 4.74 Å². The van der Waals surface area contributed by atoms with Gasteiger partial charge in [0, 0.05) is 13.1 Å². The second-order valence-electron chi connectivity index (χ2n) is 5.54. The first kappa shape index (κ1) is 15.0. The number of carbonyl (C=O) groups excluding carboxylic acids is 2. The van der Waals surface area contributed by atoms with Gasteiger partial charge in [0.05, 0.1) is 10.9 Å². The molecule has 0 radical (unpaired) electrons. The topological polar surface area (TPSA) is 84.0 Å². The first-order chi connectivity index (χ1) is 10.3. The Hall–Kier alpha value is -1.93. The number of imide groups is 1. The van der Waals surface area contributed by atoms with Crippen LogP contribution in [0.4, 0.5) is 4.79 Å². The second-order valence-corrected chi connectivity index (χ2v) is 7.48. The number of cyclic esters (lactones) is 1. The summed E-state index contributed by atoms with van der Waals surface area (Å²) in [5.74, 6) is -0.418. The van der Waals surface area contributed by atoms with Gasteiger partial charge in [-0.2, -0.15) is 4.31 Å². The molecule has 1 aromatic rings. The van der Waals surface area contributed by atoms with Gasteiger partial charge in [-0.3, -0.25) is 4.79 Å². The third kappa shape index (κ3) is 2.28. The van der Waals surface area contributed by atoms with Gasteiger partial charge in [0.1, 0.15) is 0 Å². The maximum atomic E-state index is 12.5. The molecule has 0 bridgehead atoms. The highest BCUT2D eigenvalue weighted by molar-refractivity contribution is 7.89. The quantitative estimate of drug-likeness (QED) is 0.815. The Morgan fingerprint density at radius 2 is 1.82 bits per heavy atom. The minimum atomic E-state index is -3.60. The number of hydrogen-bond acceptors (Lipinski definition) is 5. The van der Waals surface area contributed by atoms with E-state index in [0.29, 0.717) is 0 Å². The number of amides is 2. The molecule has 0 aliphatic carbocycles. The molecular weight excluding hydrogens is 308 g/mol. The second kappa shape index (κ2) is 5.06. The molecule has 0 atom stereocenters. The molecule has 0 aromatic heterocycles. The average Bonchev–Trinajstić information content (AvgIpc) is 2.72. The number of hydrogen-bond donors (Lipinski definition) is 0. The molecular formula is C14H16N2O5S. The van der Waals surface area contributed by atoms with Gasteiger partial charge in [-0.1, -0.05) is 6.07 Å². The van der Waals surface area contributed by atoms with Crippen LogP contribution in [0.2, 0.25) is 0 Å². The minimum absolute atomic E-state index is 0.107. The Bertz CT molecular complexity index is 736. The highest BCUT2D eigenvalue weighted by Gasteiger charge is 2.46. The minimum Gasteiger partial charge on any atom is -0.439 e. The summed E-state index contributed by atoms with van der Waals surface area (Å²) in [4.78, 5) is 24.2. The van der Waals surface area contributed by atoms with Gasteiger partial charge >= 0.3 is 6.09 Å². The number of nitrogens with zero attached hydrogens (tertiary/aromatic N) is 2. The van der Waals surface area contributed by atoms with E-state index in [4.69, 9.17) is 0 Å². The lowest BCUT2D eigenvalue weighted by Crippen LogP contribution is -2.62. The fourth-order valence-electron chi connectivity index (χ4n) is 2.52. The first-order valence-corrected chi connectivity index (χ1v) is 8.31. The van der Waals surface area contributed by atoms with Crippen molar-refractivity contribution in [3.05, 3.63) is 29.3 Å². The maximum Gasteiger partial charge on any atom is 0.417 e. The summed E-state index contributed by atoms with van der Waals surface area (Å²) >= 11 is 0. The van der Waals surface area contributed by atoms with Crippen LogP contribution in [-0.2, 0) is 19.6 Å². The number of carbonyl (C=O) groups is 2. The fraction of sp³-hybridized carbons (Fsp3) is 0.429. The van der Waals surface area contributed by atoms with Gasteiger partial charge in [-0.05, 0) is 37.1 Å². The van der Waals surface area contributed by atoms with Crippen molar-refractivity contribution in [1.82, 2.24) is 9.21 Å². The van der Waals surface area contributed by atoms with Crippen LogP contribution in [0.5, 0.6) is 0 Å². The lowest BCUT2D eigenvalue weighted by molar-refractivity contribution is -0.128. The highest BCUT2D eigenvalue weighted by atomic mass is 32.2. The predicted molar refractivity (Wildman–Crippen MR) is 76.7 cm³/mol. The Balaban J connectivity index is 1.75. The Kier molecular flexibility index (Phi) is 3.45. The van der Waals surface area contributed by atoms with Crippen molar-refractivity contribution in [3.63, 3.8) is 0 Å². The van der Waals surface area contributed by atoms with Crippen molar-refractivity contribution < 1.29 is 22.7 Å². The summed E-state index contributed by atoms with van der Waals surface area (Å²) in [6.07, 6.45) is -0.696. The van der Waals surface area contributed by atoms with Gasteiger partial charge in [0.25, 0.3) is 5.91 Å². The molecule has 22 heavy (non-hydrogen) atoms. The average molecular weight is 324 g/mol. The van der Waals surface area contributed by atoms with E-state index >= 15 is 0 Å². The summed E-state index contributed by atoms with van der Waals surface area (Å²) in [6, 6.07) is 4.53. The number of sulfonamides is 1. The maximum absolute atomic E-state index is 12.5. The molecule has 2 heterocycles. The van der Waals surface area contributed by atoms with E-state index in [1.807, 2.05) is 13.8 Å². The third-order valence-corrected chi connectivity index (χ3v) is 5.92. The van der Waals surface area contributed by atoms with Gasteiger partial charge in [0.15, 0.2) is 6.61 Å². The molecule has 2 saturated heterocycles. The molecule has 0 saturated carbocycles. The lowest BCUT2D eigenvalue weighted by Gasteiger charge is -2.40. The zero-order valence-electron chi connectivity index (χ0n) is 12.3. The van der Waals surface area contributed by atoms with Crippen LogP contribution < -0.4 is 0 Å². The Labute approximate surface area is 128 Å². The molecule has 2 aliphatic heterocycles. The highest BCUT2D eigenvalue weighted by Crippen LogP contribution is 2.27.